The molecule has 1 fully saturated rings. The number of hydrogen-bond donors (Lipinski definition) is 2. The van der Waals surface area contributed by atoms with Crippen LogP contribution in [0, 0.1) is 0 Å². The molecule has 1 aliphatic rings. The van der Waals surface area contributed by atoms with Gasteiger partial charge in [-0.05, 0) is 49.2 Å². The van der Waals surface area contributed by atoms with Crippen molar-refractivity contribution < 1.29 is 14.3 Å². The quantitative estimate of drug-likeness (QED) is 0.892. The molecule has 1 atom stereocenters. The van der Waals surface area contributed by atoms with E-state index >= 15 is 0 Å². The Kier molecular flexibility index (Phi) is 5.08. The number of hydrogen-bond acceptors (Lipinski definition) is 4. The van der Waals surface area contributed by atoms with Crippen molar-refractivity contribution in [3.05, 3.63) is 53.3 Å². The Balaban J connectivity index is 1.58. The Bertz CT molecular complexity index is 726. The second-order valence-corrected chi connectivity index (χ2v) is 5.82. The lowest BCUT2D eigenvalue weighted by Crippen LogP contribution is -2.26. The SMILES string of the molecule is O=C(Nc1ccc(NC(=O)C2CCCO2)cc1)c1ccc(Cl)cn1. The summed E-state index contributed by atoms with van der Waals surface area (Å²) in [5.41, 5.74) is 1.53. The largest absolute Gasteiger partial charge is 0.368 e. The molecule has 1 aromatic heterocycles. The average molecular weight is 346 g/mol. The van der Waals surface area contributed by atoms with Crippen LogP contribution >= 0.6 is 11.6 Å². The third-order valence-corrected chi connectivity index (χ3v) is 3.82. The Morgan fingerprint density at radius 1 is 1.08 bits per heavy atom. The standard InChI is InChI=1S/C17H16ClN3O3/c18-11-3-8-14(19-10-11)16(22)20-12-4-6-13(7-5-12)21-17(23)15-2-1-9-24-15/h3-8,10,15H,1-2,9H2,(H,20,22)(H,21,23). The summed E-state index contributed by atoms with van der Waals surface area (Å²) >= 11 is 5.74. The van der Waals surface area contributed by atoms with Crippen LogP contribution in [0.25, 0.3) is 0 Å². The first-order valence-corrected chi connectivity index (χ1v) is 7.95. The maximum atomic E-state index is 12.1. The zero-order valence-electron chi connectivity index (χ0n) is 12.8. The fraction of sp³-hybridized carbons (Fsp3) is 0.235. The van der Waals surface area contributed by atoms with Gasteiger partial charge in [-0.15, -0.1) is 0 Å². The molecule has 1 saturated heterocycles. The molecule has 124 valence electrons. The van der Waals surface area contributed by atoms with E-state index in [-0.39, 0.29) is 23.6 Å². The van der Waals surface area contributed by atoms with Crippen LogP contribution in [0.15, 0.2) is 42.6 Å². The van der Waals surface area contributed by atoms with Crippen LogP contribution < -0.4 is 10.6 Å². The lowest BCUT2D eigenvalue weighted by Gasteiger charge is -2.11. The number of anilines is 2. The smallest absolute Gasteiger partial charge is 0.274 e. The van der Waals surface area contributed by atoms with Gasteiger partial charge >= 0.3 is 0 Å². The first-order valence-electron chi connectivity index (χ1n) is 7.57. The van der Waals surface area contributed by atoms with Gasteiger partial charge < -0.3 is 15.4 Å². The van der Waals surface area contributed by atoms with Crippen LogP contribution in [0.2, 0.25) is 5.02 Å². The van der Waals surface area contributed by atoms with Gasteiger partial charge in [0.15, 0.2) is 0 Å². The van der Waals surface area contributed by atoms with Gasteiger partial charge in [-0.1, -0.05) is 11.6 Å². The number of benzene rings is 1. The molecule has 0 saturated carbocycles. The highest BCUT2D eigenvalue weighted by Gasteiger charge is 2.23. The van der Waals surface area contributed by atoms with Crippen LogP contribution in [-0.2, 0) is 9.53 Å². The number of pyridine rings is 1. The van der Waals surface area contributed by atoms with Gasteiger partial charge in [-0.2, -0.15) is 0 Å². The number of carbonyl (C=O) groups is 2. The Morgan fingerprint density at radius 3 is 2.38 bits per heavy atom. The maximum Gasteiger partial charge on any atom is 0.274 e. The summed E-state index contributed by atoms with van der Waals surface area (Å²) < 4.78 is 5.34. The van der Waals surface area contributed by atoms with Crippen LogP contribution in [-0.4, -0.2) is 29.5 Å². The number of ether oxygens (including phenoxy) is 1. The van der Waals surface area contributed by atoms with E-state index in [1.54, 1.807) is 36.4 Å². The second kappa shape index (κ2) is 7.42. The number of nitrogens with one attached hydrogen (secondary N) is 2. The summed E-state index contributed by atoms with van der Waals surface area (Å²) in [5, 5.41) is 6.00. The molecular formula is C17H16ClN3O3. The molecule has 24 heavy (non-hydrogen) atoms. The number of amides is 2. The normalized spacial score (nSPS) is 16.6. The van der Waals surface area contributed by atoms with Gasteiger partial charge in [-0.3, -0.25) is 9.59 Å². The van der Waals surface area contributed by atoms with E-state index in [0.29, 0.717) is 23.0 Å². The van der Waals surface area contributed by atoms with Gasteiger partial charge in [0.2, 0.25) is 0 Å². The van der Waals surface area contributed by atoms with Crippen LogP contribution in [0.5, 0.6) is 0 Å². The summed E-state index contributed by atoms with van der Waals surface area (Å²) in [7, 11) is 0. The molecule has 1 aromatic carbocycles. The Morgan fingerprint density at radius 2 is 1.79 bits per heavy atom. The molecule has 0 bridgehead atoms. The fourth-order valence-corrected chi connectivity index (χ4v) is 2.46. The van der Waals surface area contributed by atoms with Crippen molar-refractivity contribution in [3.63, 3.8) is 0 Å². The molecule has 2 heterocycles. The lowest BCUT2D eigenvalue weighted by atomic mass is 10.2. The molecule has 6 nitrogen and oxygen atoms in total. The number of halogens is 1. The van der Waals surface area contributed by atoms with Gasteiger partial charge in [0.1, 0.15) is 11.8 Å². The third kappa shape index (κ3) is 4.10. The molecule has 1 unspecified atom stereocenters. The van der Waals surface area contributed by atoms with Crippen molar-refractivity contribution >= 4 is 34.8 Å². The minimum absolute atomic E-state index is 0.144. The minimum atomic E-state index is -0.375. The molecule has 2 N–H and O–H groups in total. The van der Waals surface area contributed by atoms with Gasteiger partial charge in [0.25, 0.3) is 11.8 Å². The predicted molar refractivity (Wildman–Crippen MR) is 91.2 cm³/mol. The number of nitrogens with zero attached hydrogens (tertiary/aromatic N) is 1. The lowest BCUT2D eigenvalue weighted by molar-refractivity contribution is -0.124. The van der Waals surface area contributed by atoms with Gasteiger partial charge in [0.05, 0.1) is 5.02 Å². The molecule has 0 spiro atoms. The van der Waals surface area contributed by atoms with E-state index < -0.39 is 0 Å². The maximum absolute atomic E-state index is 12.1. The van der Waals surface area contributed by atoms with Crippen molar-refractivity contribution in [2.45, 2.75) is 18.9 Å². The van der Waals surface area contributed by atoms with E-state index in [1.807, 2.05) is 0 Å². The van der Waals surface area contributed by atoms with E-state index in [9.17, 15) is 9.59 Å². The summed E-state index contributed by atoms with van der Waals surface area (Å²) in [5.74, 6) is -0.475. The number of aromatic nitrogens is 1. The Labute approximate surface area is 144 Å². The molecule has 2 aromatic rings. The highest BCUT2D eigenvalue weighted by atomic mass is 35.5. The fourth-order valence-electron chi connectivity index (χ4n) is 2.35. The molecule has 7 heteroatoms. The highest BCUT2D eigenvalue weighted by Crippen LogP contribution is 2.18. The summed E-state index contributed by atoms with van der Waals surface area (Å²) in [6, 6.07) is 10.0. The molecule has 2 amide bonds. The predicted octanol–water partition coefficient (Wildman–Crippen LogP) is 3.10. The van der Waals surface area contributed by atoms with Crippen molar-refractivity contribution in [2.24, 2.45) is 0 Å². The average Bonchev–Trinajstić information content (AvgIpc) is 3.12. The van der Waals surface area contributed by atoms with Gasteiger partial charge in [-0.25, -0.2) is 4.98 Å². The van der Waals surface area contributed by atoms with Crippen molar-refractivity contribution in [1.82, 2.24) is 4.98 Å². The van der Waals surface area contributed by atoms with Gasteiger partial charge in [0, 0.05) is 24.2 Å². The zero-order valence-corrected chi connectivity index (χ0v) is 13.5. The molecule has 0 aliphatic carbocycles. The van der Waals surface area contributed by atoms with E-state index in [4.69, 9.17) is 16.3 Å². The highest BCUT2D eigenvalue weighted by molar-refractivity contribution is 6.30. The third-order valence-electron chi connectivity index (χ3n) is 3.59. The van der Waals surface area contributed by atoms with Crippen molar-refractivity contribution in [3.8, 4) is 0 Å². The molecule has 3 rings (SSSR count). The number of rotatable bonds is 4. The number of carbonyl (C=O) groups excluding carboxylic acids is 2. The molecule has 1 aliphatic heterocycles. The summed E-state index contributed by atoms with van der Waals surface area (Å²) in [4.78, 5) is 28.0. The first-order chi connectivity index (χ1) is 11.6. The first kappa shape index (κ1) is 16.4. The zero-order chi connectivity index (χ0) is 16.9. The van der Waals surface area contributed by atoms with Crippen LogP contribution in [0.4, 0.5) is 11.4 Å². The van der Waals surface area contributed by atoms with Crippen molar-refractivity contribution in [2.75, 3.05) is 17.2 Å². The summed E-state index contributed by atoms with van der Waals surface area (Å²) in [6.45, 7) is 0.627. The van der Waals surface area contributed by atoms with E-state index in [1.165, 1.54) is 6.20 Å². The minimum Gasteiger partial charge on any atom is -0.368 e. The van der Waals surface area contributed by atoms with Crippen molar-refractivity contribution in [1.29, 1.82) is 0 Å². The second-order valence-electron chi connectivity index (χ2n) is 5.38. The topological polar surface area (TPSA) is 80.3 Å². The van der Waals surface area contributed by atoms with Crippen LogP contribution in [0.3, 0.4) is 0 Å². The van der Waals surface area contributed by atoms with Crippen LogP contribution in [0.1, 0.15) is 23.3 Å². The monoisotopic (exact) mass is 345 g/mol. The molecule has 0 radical (unpaired) electrons. The van der Waals surface area contributed by atoms with E-state index in [2.05, 4.69) is 15.6 Å². The van der Waals surface area contributed by atoms with E-state index in [0.717, 1.165) is 12.8 Å². The summed E-state index contributed by atoms with van der Waals surface area (Å²) in [6.07, 6.45) is 2.69. The molecular weight excluding hydrogens is 330 g/mol. The Hall–Kier alpha value is -2.44.